The SMILES string of the molecule is [O]=[Nb](=[O])[O-].[O]=[Nb](=[O])[O-].[Pb+2]. The van der Waals surface area contributed by atoms with E-state index in [4.69, 9.17) is 20.2 Å². The number of rotatable bonds is 0. The molecule has 0 fully saturated rings. The Balaban J connectivity index is -0.0000000720. The van der Waals surface area contributed by atoms with Gasteiger partial charge in [0.25, 0.3) is 0 Å². The van der Waals surface area contributed by atoms with E-state index in [1.165, 1.54) is 0 Å². The predicted octanol–water partition coefficient (Wildman–Crippen LogP) is -3.24. The molecule has 0 N–H and O–H groups in total. The Morgan fingerprint density at radius 3 is 0.778 bits per heavy atom. The maximum absolute atomic E-state index is 8.60. The van der Waals surface area contributed by atoms with E-state index in [1.54, 1.807) is 0 Å². The normalized spacial score (nSPS) is 5.56. The zero-order valence-electron chi connectivity index (χ0n) is 3.84. The summed E-state index contributed by atoms with van der Waals surface area (Å²) in [6, 6.07) is 0. The predicted molar refractivity (Wildman–Crippen MR) is 8.50 cm³/mol. The molecule has 0 amide bonds. The summed E-state index contributed by atoms with van der Waals surface area (Å²) in [5.74, 6) is 0. The second kappa shape index (κ2) is 12.2. The van der Waals surface area contributed by atoms with Gasteiger partial charge in [0.1, 0.15) is 0 Å². The minimum Gasteiger partial charge on any atom is 2.00 e. The Morgan fingerprint density at radius 1 is 0.778 bits per heavy atom. The molecule has 0 aromatic heterocycles. The molecule has 0 aromatic rings. The van der Waals surface area contributed by atoms with E-state index >= 15 is 0 Å². The molecule has 0 heterocycles. The van der Waals surface area contributed by atoms with Crippen LogP contribution in [0.2, 0.25) is 0 Å². The van der Waals surface area contributed by atoms with Crippen LogP contribution in [0.25, 0.3) is 0 Å². The number of hydrogen-bond acceptors (Lipinski definition) is 6. The van der Waals surface area contributed by atoms with Crippen molar-refractivity contribution in [3.8, 4) is 0 Å². The van der Waals surface area contributed by atoms with E-state index in [-0.39, 0.29) is 27.3 Å². The third-order valence-electron chi connectivity index (χ3n) is 0. The molecule has 0 spiro atoms. The first kappa shape index (κ1) is 16.9. The zero-order valence-corrected chi connectivity index (χ0v) is 12.1. The molecule has 0 saturated carbocycles. The molecule has 6 nitrogen and oxygen atoms in total. The van der Waals surface area contributed by atoms with Crippen molar-refractivity contribution in [1.82, 2.24) is 0 Å². The van der Waals surface area contributed by atoms with Gasteiger partial charge in [-0.05, 0) is 0 Å². The third-order valence-corrected chi connectivity index (χ3v) is 0. The van der Waals surface area contributed by atoms with Crippen LogP contribution in [0.1, 0.15) is 0 Å². The molecule has 9 heavy (non-hydrogen) atoms. The van der Waals surface area contributed by atoms with Gasteiger partial charge in [-0.3, -0.25) is 0 Å². The van der Waals surface area contributed by atoms with Gasteiger partial charge in [0.2, 0.25) is 0 Å². The van der Waals surface area contributed by atoms with Gasteiger partial charge in [-0.1, -0.05) is 0 Å². The van der Waals surface area contributed by atoms with Crippen molar-refractivity contribution in [3.63, 3.8) is 0 Å². The molecule has 50 valence electrons. The third kappa shape index (κ3) is 232. The van der Waals surface area contributed by atoms with Gasteiger partial charge >= 0.3 is 85.1 Å². The van der Waals surface area contributed by atoms with E-state index in [0.717, 1.165) is 0 Å². The Labute approximate surface area is 84.0 Å². The van der Waals surface area contributed by atoms with Crippen molar-refractivity contribution in [3.05, 3.63) is 0 Å². The molecule has 0 rings (SSSR count). The summed E-state index contributed by atoms with van der Waals surface area (Å²) in [5, 5.41) is 0. The Hall–Kier alpha value is 1.52. The average Bonchev–Trinajstić information content (AvgIpc) is 1.25. The molecule has 0 aliphatic heterocycles. The summed E-state index contributed by atoms with van der Waals surface area (Å²) in [5.41, 5.74) is 0. The quantitative estimate of drug-likeness (QED) is 0.331. The summed E-state index contributed by atoms with van der Waals surface area (Å²) in [7, 11) is 0. The topological polar surface area (TPSA) is 114 Å². The Kier molecular flexibility index (Phi) is 22.9. The smallest absolute Gasteiger partial charge is 2.00 e. The molecule has 0 aromatic carbocycles. The van der Waals surface area contributed by atoms with Crippen LogP contribution in [0, 0.1) is 0 Å². The van der Waals surface area contributed by atoms with Crippen molar-refractivity contribution < 1.29 is 57.8 Å². The van der Waals surface area contributed by atoms with Crippen LogP contribution in [0.4, 0.5) is 0 Å². The molecule has 0 aliphatic rings. The zero-order chi connectivity index (χ0) is 7.15. The Bertz CT molecular complexity index is 128. The molecule has 9 heteroatoms. The van der Waals surface area contributed by atoms with Crippen molar-refractivity contribution in [2.45, 2.75) is 0 Å². The molecule has 2 radical (unpaired) electrons. The molecule has 0 unspecified atom stereocenters. The summed E-state index contributed by atoms with van der Waals surface area (Å²) in [6.45, 7) is 0. The van der Waals surface area contributed by atoms with Crippen LogP contribution >= 0.6 is 0 Å². The average molecular weight is 489 g/mol. The molecule has 0 aliphatic carbocycles. The second-order valence-electron chi connectivity index (χ2n) is 0.447. The summed E-state index contributed by atoms with van der Waals surface area (Å²) >= 11 is -8.40. The van der Waals surface area contributed by atoms with Gasteiger partial charge in [0, 0.05) is 0 Å². The monoisotopic (exact) mass is 490 g/mol. The van der Waals surface area contributed by atoms with Crippen LogP contribution in [-0.4, -0.2) is 27.3 Å². The minimum atomic E-state index is -4.20. The van der Waals surface area contributed by atoms with E-state index in [9.17, 15) is 0 Å². The van der Waals surface area contributed by atoms with E-state index < -0.39 is 37.6 Å². The van der Waals surface area contributed by atoms with Gasteiger partial charge in [0.15, 0.2) is 0 Å². The van der Waals surface area contributed by atoms with E-state index in [1.807, 2.05) is 0 Å². The van der Waals surface area contributed by atoms with Crippen molar-refractivity contribution >= 4 is 27.3 Å². The maximum Gasteiger partial charge on any atom is 2.00 e. The van der Waals surface area contributed by atoms with Crippen LogP contribution in [0.3, 0.4) is 0 Å². The van der Waals surface area contributed by atoms with Crippen molar-refractivity contribution in [1.29, 1.82) is 0 Å². The van der Waals surface area contributed by atoms with Gasteiger partial charge in [0.05, 0.1) is 0 Å². The fourth-order valence-electron chi connectivity index (χ4n) is 0. The second-order valence-corrected chi connectivity index (χ2v) is 2.65. The fraction of sp³-hybridized carbons (Fsp3) is 0. The Morgan fingerprint density at radius 2 is 0.778 bits per heavy atom. The molecule has 0 atom stereocenters. The van der Waals surface area contributed by atoms with Gasteiger partial charge in [-0.25, -0.2) is 0 Å². The summed E-state index contributed by atoms with van der Waals surface area (Å²) in [4.78, 5) is 0. The van der Waals surface area contributed by atoms with Gasteiger partial charge in [-0.2, -0.15) is 0 Å². The first-order chi connectivity index (χ1) is 3.46. The van der Waals surface area contributed by atoms with E-state index in [0.29, 0.717) is 0 Å². The van der Waals surface area contributed by atoms with Crippen molar-refractivity contribution in [2.75, 3.05) is 0 Å². The molecule has 0 saturated heterocycles. The fourth-order valence-corrected chi connectivity index (χ4v) is 0. The summed E-state index contributed by atoms with van der Waals surface area (Å²) in [6.07, 6.45) is 0. The maximum atomic E-state index is 8.60. The van der Waals surface area contributed by atoms with Crippen LogP contribution < -0.4 is 7.23 Å². The van der Waals surface area contributed by atoms with Gasteiger partial charge in [-0.15, -0.1) is 0 Å². The summed E-state index contributed by atoms with van der Waals surface area (Å²) < 4.78 is 51.6. The van der Waals surface area contributed by atoms with Crippen LogP contribution in [0.15, 0.2) is 0 Å². The number of hydrogen-bond donors (Lipinski definition) is 0. The van der Waals surface area contributed by atoms with Gasteiger partial charge < -0.3 is 0 Å². The van der Waals surface area contributed by atoms with Crippen LogP contribution in [-0.2, 0) is 50.6 Å². The molecular formula is Nb2O6Pb. The van der Waals surface area contributed by atoms with E-state index in [2.05, 4.69) is 0 Å². The standard InChI is InChI=1S/2Nb.6O.Pb/q;;;;;;2*-1;+2. The first-order valence-corrected chi connectivity index (χ1v) is 6.48. The van der Waals surface area contributed by atoms with Crippen molar-refractivity contribution in [2.24, 2.45) is 0 Å². The first-order valence-electron chi connectivity index (χ1n) is 1.10. The molecular weight excluding hydrogens is 489 g/mol. The largest absolute Gasteiger partial charge is 2.00 e. The molecule has 0 bridgehead atoms. The van der Waals surface area contributed by atoms with Crippen LogP contribution in [0.5, 0.6) is 0 Å². The minimum absolute atomic E-state index is 0.